The summed E-state index contributed by atoms with van der Waals surface area (Å²) < 4.78 is 35.6. The van der Waals surface area contributed by atoms with Crippen molar-refractivity contribution in [2.75, 3.05) is 17.6 Å². The predicted octanol–water partition coefficient (Wildman–Crippen LogP) is 4.47. The molecule has 0 radical (unpaired) electrons. The van der Waals surface area contributed by atoms with Gasteiger partial charge in [-0.3, -0.25) is 0 Å². The van der Waals surface area contributed by atoms with E-state index in [1.165, 1.54) is 5.56 Å². The maximum atomic E-state index is 11.9. The first kappa shape index (κ1) is 14.2. The molecule has 1 nitrogen and oxygen atoms in total. The molecule has 0 heterocycles. The van der Waals surface area contributed by atoms with Crippen LogP contribution in [-0.2, 0) is 0 Å². The number of benzene rings is 1. The molecule has 1 rings (SSSR count). The number of thioether (sulfide) groups is 1. The lowest BCUT2D eigenvalue weighted by molar-refractivity contribution is -0.0327. The number of rotatable bonds is 5. The van der Waals surface area contributed by atoms with E-state index in [-0.39, 0.29) is 17.5 Å². The van der Waals surface area contributed by atoms with E-state index < -0.39 is 5.51 Å². The molecule has 1 N–H and O–H groups in total. The van der Waals surface area contributed by atoms with Crippen molar-refractivity contribution in [1.29, 1.82) is 0 Å². The molecule has 0 aliphatic rings. The molecule has 17 heavy (non-hydrogen) atoms. The highest BCUT2D eigenvalue weighted by atomic mass is 32.2. The Kier molecular flexibility index (Phi) is 5.18. The molecule has 1 aromatic carbocycles. The lowest BCUT2D eigenvalue weighted by atomic mass is 10.0. The third-order valence-corrected chi connectivity index (χ3v) is 3.01. The van der Waals surface area contributed by atoms with Crippen LogP contribution < -0.4 is 5.32 Å². The van der Waals surface area contributed by atoms with Gasteiger partial charge < -0.3 is 5.32 Å². The van der Waals surface area contributed by atoms with Gasteiger partial charge in [-0.25, -0.2) is 0 Å². The Morgan fingerprint density at radius 2 is 1.76 bits per heavy atom. The van der Waals surface area contributed by atoms with Crippen molar-refractivity contribution in [3.8, 4) is 0 Å². The lowest BCUT2D eigenvalue weighted by Crippen LogP contribution is -2.09. The number of nitrogens with one attached hydrogen (secondary N) is 1. The first-order chi connectivity index (χ1) is 7.88. The maximum absolute atomic E-state index is 11.9. The van der Waals surface area contributed by atoms with E-state index in [1.807, 2.05) is 24.3 Å². The van der Waals surface area contributed by atoms with Crippen LogP contribution in [0.2, 0.25) is 0 Å². The van der Waals surface area contributed by atoms with Gasteiger partial charge in [0, 0.05) is 18.0 Å². The van der Waals surface area contributed by atoms with Gasteiger partial charge in [-0.05, 0) is 35.4 Å². The molecule has 1 aromatic rings. The van der Waals surface area contributed by atoms with E-state index in [9.17, 15) is 13.2 Å². The fraction of sp³-hybridized carbons (Fsp3) is 0.500. The molecule has 0 atom stereocenters. The summed E-state index contributed by atoms with van der Waals surface area (Å²) in [5.74, 6) is 0.486. The van der Waals surface area contributed by atoms with Crippen LogP contribution in [0.1, 0.15) is 25.3 Å². The van der Waals surface area contributed by atoms with Crippen molar-refractivity contribution < 1.29 is 13.2 Å². The van der Waals surface area contributed by atoms with Gasteiger partial charge in [-0.1, -0.05) is 26.0 Å². The van der Waals surface area contributed by atoms with Gasteiger partial charge in [-0.2, -0.15) is 13.2 Å². The summed E-state index contributed by atoms with van der Waals surface area (Å²) in [7, 11) is 0. The van der Waals surface area contributed by atoms with E-state index in [4.69, 9.17) is 0 Å². The van der Waals surface area contributed by atoms with Crippen LogP contribution in [-0.4, -0.2) is 17.8 Å². The van der Waals surface area contributed by atoms with Gasteiger partial charge in [0.2, 0.25) is 0 Å². The fourth-order valence-electron chi connectivity index (χ4n) is 1.35. The molecule has 96 valence electrons. The average Bonchev–Trinajstić information content (AvgIpc) is 2.24. The van der Waals surface area contributed by atoms with Crippen LogP contribution in [0, 0.1) is 0 Å². The van der Waals surface area contributed by atoms with Gasteiger partial charge in [0.05, 0.1) is 0 Å². The van der Waals surface area contributed by atoms with Gasteiger partial charge in [0.1, 0.15) is 0 Å². The lowest BCUT2D eigenvalue weighted by Gasteiger charge is -2.10. The van der Waals surface area contributed by atoms with Crippen LogP contribution in [0.5, 0.6) is 0 Å². The molecule has 5 heteroatoms. The summed E-state index contributed by atoms with van der Waals surface area (Å²) in [4.78, 5) is 0. The quantitative estimate of drug-likeness (QED) is 0.786. The third-order valence-electron chi connectivity index (χ3n) is 2.27. The summed E-state index contributed by atoms with van der Waals surface area (Å²) in [5.41, 5.74) is -2.05. The number of hydrogen-bond acceptors (Lipinski definition) is 2. The Morgan fingerprint density at radius 3 is 2.24 bits per heavy atom. The van der Waals surface area contributed by atoms with Crippen molar-refractivity contribution in [1.82, 2.24) is 0 Å². The highest BCUT2D eigenvalue weighted by molar-refractivity contribution is 8.00. The first-order valence-corrected chi connectivity index (χ1v) is 6.41. The Labute approximate surface area is 104 Å². The summed E-state index contributed by atoms with van der Waals surface area (Å²) >= 11 is -0.00164. The second-order valence-electron chi connectivity index (χ2n) is 4.00. The van der Waals surface area contributed by atoms with Gasteiger partial charge >= 0.3 is 5.51 Å². The molecule has 0 amide bonds. The molecule has 0 fully saturated rings. The largest absolute Gasteiger partial charge is 0.441 e. The number of halogens is 3. The molecule has 0 saturated heterocycles. The van der Waals surface area contributed by atoms with Crippen molar-refractivity contribution in [2.45, 2.75) is 25.3 Å². The molecule has 0 aliphatic heterocycles. The average molecular weight is 263 g/mol. The first-order valence-electron chi connectivity index (χ1n) is 5.43. The van der Waals surface area contributed by atoms with Crippen molar-refractivity contribution in [3.05, 3.63) is 29.8 Å². The minimum Gasteiger partial charge on any atom is -0.384 e. The molecule has 0 unspecified atom stereocenters. The number of hydrogen-bond donors (Lipinski definition) is 1. The number of anilines is 1. The van der Waals surface area contributed by atoms with Crippen molar-refractivity contribution >= 4 is 17.4 Å². The monoisotopic (exact) mass is 263 g/mol. The minimum absolute atomic E-state index is 0.00164. The maximum Gasteiger partial charge on any atom is 0.441 e. The molecule has 0 bridgehead atoms. The Hall–Kier alpha value is -0.840. The highest BCUT2D eigenvalue weighted by Gasteiger charge is 2.27. The smallest absolute Gasteiger partial charge is 0.384 e. The molecular formula is C12H16F3NS. The summed E-state index contributed by atoms with van der Waals surface area (Å²) in [5, 5.41) is 2.96. The minimum atomic E-state index is -4.14. The second kappa shape index (κ2) is 6.19. The van der Waals surface area contributed by atoms with E-state index >= 15 is 0 Å². The summed E-state index contributed by atoms with van der Waals surface area (Å²) in [6, 6.07) is 7.77. The normalized spacial score (nSPS) is 11.9. The van der Waals surface area contributed by atoms with E-state index in [1.54, 1.807) is 0 Å². The van der Waals surface area contributed by atoms with Gasteiger partial charge in [0.25, 0.3) is 0 Å². The topological polar surface area (TPSA) is 12.0 Å². The Balaban J connectivity index is 2.33. The van der Waals surface area contributed by atoms with E-state index in [0.717, 1.165) is 5.69 Å². The van der Waals surface area contributed by atoms with Crippen LogP contribution in [0.4, 0.5) is 18.9 Å². The molecule has 0 saturated carbocycles. The molecular weight excluding hydrogens is 247 g/mol. The SMILES string of the molecule is CC(C)c1ccc(NCCSC(F)(F)F)cc1. The zero-order chi connectivity index (χ0) is 12.9. The van der Waals surface area contributed by atoms with Crippen molar-refractivity contribution in [3.63, 3.8) is 0 Å². The Morgan fingerprint density at radius 1 is 1.18 bits per heavy atom. The standard InChI is InChI=1S/C12H16F3NS/c1-9(2)10-3-5-11(6-4-10)16-7-8-17-12(13,14)15/h3-6,9,16H,7-8H2,1-2H3. The summed E-state index contributed by atoms with van der Waals surface area (Å²) in [6.07, 6.45) is 0. The molecule has 0 aromatic heterocycles. The van der Waals surface area contributed by atoms with Gasteiger partial charge in [-0.15, -0.1) is 0 Å². The fourth-order valence-corrected chi connectivity index (χ4v) is 1.78. The third kappa shape index (κ3) is 5.86. The highest BCUT2D eigenvalue weighted by Crippen LogP contribution is 2.29. The van der Waals surface area contributed by atoms with E-state index in [0.29, 0.717) is 12.5 Å². The zero-order valence-electron chi connectivity index (χ0n) is 9.84. The van der Waals surface area contributed by atoms with Crippen LogP contribution in [0.25, 0.3) is 0 Å². The molecule has 0 aliphatic carbocycles. The van der Waals surface area contributed by atoms with Crippen LogP contribution in [0.15, 0.2) is 24.3 Å². The predicted molar refractivity (Wildman–Crippen MR) is 67.5 cm³/mol. The molecule has 0 spiro atoms. The summed E-state index contributed by atoms with van der Waals surface area (Å²) in [6.45, 7) is 4.51. The number of alkyl halides is 3. The van der Waals surface area contributed by atoms with Crippen molar-refractivity contribution in [2.24, 2.45) is 0 Å². The van der Waals surface area contributed by atoms with Crippen LogP contribution >= 0.6 is 11.8 Å². The Bertz CT molecular complexity index is 333. The van der Waals surface area contributed by atoms with E-state index in [2.05, 4.69) is 19.2 Å². The van der Waals surface area contributed by atoms with Gasteiger partial charge in [0.15, 0.2) is 0 Å². The second-order valence-corrected chi connectivity index (χ2v) is 5.16. The zero-order valence-corrected chi connectivity index (χ0v) is 10.7. The van der Waals surface area contributed by atoms with Crippen LogP contribution in [0.3, 0.4) is 0 Å².